The minimum atomic E-state index is -0.104. The fourth-order valence-corrected chi connectivity index (χ4v) is 3.60. The number of carbonyl (C=O) groups excluding carboxylic acids is 1. The Bertz CT molecular complexity index is 797. The van der Waals surface area contributed by atoms with E-state index in [1.54, 1.807) is 7.11 Å². The van der Waals surface area contributed by atoms with Gasteiger partial charge in [0.1, 0.15) is 11.6 Å². The highest BCUT2D eigenvalue weighted by Gasteiger charge is 2.31. The number of ether oxygens (including phenoxy) is 1. The van der Waals surface area contributed by atoms with E-state index in [0.29, 0.717) is 0 Å². The number of hydrogen-bond donors (Lipinski definition) is 1. The molecule has 2 aliphatic rings. The Hall–Kier alpha value is -2.41. The van der Waals surface area contributed by atoms with Crippen LogP contribution in [0.1, 0.15) is 43.0 Å². The summed E-state index contributed by atoms with van der Waals surface area (Å²) >= 11 is 0. The fourth-order valence-electron chi connectivity index (χ4n) is 3.60. The number of amides is 1. The highest BCUT2D eigenvalue weighted by molar-refractivity contribution is 5.81. The normalized spacial score (nSPS) is 18.4. The number of hydrogen-bond acceptors (Lipinski definition) is 5. The van der Waals surface area contributed by atoms with Crippen LogP contribution >= 0.6 is 0 Å². The van der Waals surface area contributed by atoms with E-state index in [1.807, 2.05) is 19.1 Å². The van der Waals surface area contributed by atoms with Crippen molar-refractivity contribution in [2.75, 3.05) is 20.2 Å². The first-order valence-electron chi connectivity index (χ1n) is 9.71. The van der Waals surface area contributed by atoms with Gasteiger partial charge in [0, 0.05) is 38.5 Å². The Morgan fingerprint density at radius 3 is 2.70 bits per heavy atom. The number of methoxy groups -OCH3 is 1. The molecule has 7 nitrogen and oxygen atoms in total. The molecule has 1 amide bonds. The summed E-state index contributed by atoms with van der Waals surface area (Å²) in [6.07, 6.45) is 2.89. The van der Waals surface area contributed by atoms with Crippen LogP contribution in [-0.2, 0) is 24.3 Å². The van der Waals surface area contributed by atoms with E-state index in [1.165, 1.54) is 5.56 Å². The zero-order valence-electron chi connectivity index (χ0n) is 16.0. The second-order valence-corrected chi connectivity index (χ2v) is 7.50. The van der Waals surface area contributed by atoms with Gasteiger partial charge in [0.25, 0.3) is 0 Å². The Morgan fingerprint density at radius 2 is 2.00 bits per heavy atom. The lowest BCUT2D eigenvalue weighted by Gasteiger charge is -2.20. The SMILES string of the molecule is COc1ccc(CN2CCc3nnc([C@H](C)NC(=O)C4CC4)n3CC2)cc1. The molecule has 2 heterocycles. The highest BCUT2D eigenvalue weighted by Crippen LogP contribution is 2.29. The molecule has 0 radical (unpaired) electrons. The van der Waals surface area contributed by atoms with E-state index >= 15 is 0 Å². The van der Waals surface area contributed by atoms with Crippen LogP contribution in [-0.4, -0.2) is 45.8 Å². The van der Waals surface area contributed by atoms with Crippen LogP contribution in [0.4, 0.5) is 0 Å². The van der Waals surface area contributed by atoms with Gasteiger partial charge in [-0.3, -0.25) is 9.69 Å². The van der Waals surface area contributed by atoms with E-state index in [4.69, 9.17) is 4.74 Å². The van der Waals surface area contributed by atoms with Gasteiger partial charge >= 0.3 is 0 Å². The molecule has 144 valence electrons. The van der Waals surface area contributed by atoms with E-state index in [-0.39, 0.29) is 17.9 Å². The summed E-state index contributed by atoms with van der Waals surface area (Å²) in [6, 6.07) is 8.14. The van der Waals surface area contributed by atoms with Gasteiger partial charge in [-0.15, -0.1) is 10.2 Å². The van der Waals surface area contributed by atoms with Gasteiger partial charge < -0.3 is 14.6 Å². The maximum atomic E-state index is 12.1. The Labute approximate surface area is 159 Å². The number of nitrogens with one attached hydrogen (secondary N) is 1. The average molecular weight is 369 g/mol. The molecular weight excluding hydrogens is 342 g/mol. The molecule has 0 bridgehead atoms. The summed E-state index contributed by atoms with van der Waals surface area (Å²) in [6.45, 7) is 5.64. The van der Waals surface area contributed by atoms with Gasteiger partial charge in [0.05, 0.1) is 13.2 Å². The van der Waals surface area contributed by atoms with Crippen LogP contribution in [0.15, 0.2) is 24.3 Å². The van der Waals surface area contributed by atoms with Crippen molar-refractivity contribution in [1.82, 2.24) is 25.0 Å². The molecule has 0 unspecified atom stereocenters. The first-order chi connectivity index (χ1) is 13.1. The zero-order chi connectivity index (χ0) is 18.8. The van der Waals surface area contributed by atoms with Gasteiger partial charge in [-0.05, 0) is 37.5 Å². The molecule has 1 saturated carbocycles. The second-order valence-electron chi connectivity index (χ2n) is 7.50. The minimum Gasteiger partial charge on any atom is -0.497 e. The lowest BCUT2D eigenvalue weighted by molar-refractivity contribution is -0.123. The highest BCUT2D eigenvalue weighted by atomic mass is 16.5. The quantitative estimate of drug-likeness (QED) is 0.842. The molecule has 0 saturated heterocycles. The third kappa shape index (κ3) is 4.13. The van der Waals surface area contributed by atoms with Crippen LogP contribution in [0, 0.1) is 5.92 Å². The third-order valence-electron chi connectivity index (χ3n) is 5.41. The predicted molar refractivity (Wildman–Crippen MR) is 101 cm³/mol. The average Bonchev–Trinajstić information content (AvgIpc) is 3.48. The summed E-state index contributed by atoms with van der Waals surface area (Å²) < 4.78 is 7.42. The van der Waals surface area contributed by atoms with E-state index in [0.717, 1.165) is 62.8 Å². The number of fused-ring (bicyclic) bond motifs is 1. The van der Waals surface area contributed by atoms with Crippen molar-refractivity contribution in [2.24, 2.45) is 5.92 Å². The molecule has 4 rings (SSSR count). The fraction of sp³-hybridized carbons (Fsp3) is 0.550. The molecule has 2 aromatic rings. The van der Waals surface area contributed by atoms with Gasteiger partial charge in [-0.1, -0.05) is 12.1 Å². The molecule has 7 heteroatoms. The molecule has 1 N–H and O–H groups in total. The van der Waals surface area contributed by atoms with Crippen molar-refractivity contribution in [3.63, 3.8) is 0 Å². The van der Waals surface area contributed by atoms with Crippen LogP contribution in [0.5, 0.6) is 5.75 Å². The Kier molecular flexibility index (Phi) is 5.11. The number of nitrogens with zero attached hydrogens (tertiary/aromatic N) is 4. The lowest BCUT2D eigenvalue weighted by Crippen LogP contribution is -2.31. The Morgan fingerprint density at radius 1 is 1.22 bits per heavy atom. The lowest BCUT2D eigenvalue weighted by atomic mass is 10.2. The largest absolute Gasteiger partial charge is 0.497 e. The van der Waals surface area contributed by atoms with Crippen LogP contribution in [0.3, 0.4) is 0 Å². The summed E-state index contributed by atoms with van der Waals surface area (Å²) in [7, 11) is 1.69. The number of benzene rings is 1. The van der Waals surface area contributed by atoms with Crippen molar-refractivity contribution in [3.05, 3.63) is 41.5 Å². The first-order valence-corrected chi connectivity index (χ1v) is 9.71. The van der Waals surface area contributed by atoms with Crippen molar-refractivity contribution < 1.29 is 9.53 Å². The Balaban J connectivity index is 1.39. The minimum absolute atomic E-state index is 0.104. The van der Waals surface area contributed by atoms with Crippen LogP contribution in [0.25, 0.3) is 0 Å². The second kappa shape index (κ2) is 7.68. The monoisotopic (exact) mass is 369 g/mol. The molecule has 1 fully saturated rings. The summed E-state index contributed by atoms with van der Waals surface area (Å²) in [5.41, 5.74) is 1.28. The maximum absolute atomic E-state index is 12.1. The molecular formula is C20H27N5O2. The molecule has 1 aliphatic heterocycles. The summed E-state index contributed by atoms with van der Waals surface area (Å²) in [4.78, 5) is 14.5. The summed E-state index contributed by atoms with van der Waals surface area (Å²) in [5.74, 6) is 3.11. The van der Waals surface area contributed by atoms with Crippen molar-refractivity contribution in [2.45, 2.75) is 45.3 Å². The molecule has 0 spiro atoms. The molecule has 1 atom stereocenters. The van der Waals surface area contributed by atoms with Gasteiger partial charge in [-0.25, -0.2) is 0 Å². The standard InChI is InChI=1S/C20H27N5O2/c1-14(21-20(26)16-5-6-16)19-23-22-18-9-10-24(11-12-25(18)19)13-15-3-7-17(27-2)8-4-15/h3-4,7-8,14,16H,5-6,9-13H2,1-2H3,(H,21,26)/t14-/m0/s1. The van der Waals surface area contributed by atoms with Gasteiger partial charge in [-0.2, -0.15) is 0 Å². The van der Waals surface area contributed by atoms with Gasteiger partial charge in [0.2, 0.25) is 5.91 Å². The predicted octanol–water partition coefficient (Wildman–Crippen LogP) is 1.93. The van der Waals surface area contributed by atoms with Crippen molar-refractivity contribution in [3.8, 4) is 5.75 Å². The van der Waals surface area contributed by atoms with Crippen LogP contribution in [0.2, 0.25) is 0 Å². The topological polar surface area (TPSA) is 72.3 Å². The van der Waals surface area contributed by atoms with Crippen molar-refractivity contribution >= 4 is 5.91 Å². The van der Waals surface area contributed by atoms with E-state index in [9.17, 15) is 4.79 Å². The van der Waals surface area contributed by atoms with E-state index in [2.05, 4.69) is 37.1 Å². The maximum Gasteiger partial charge on any atom is 0.223 e. The molecule has 1 aromatic carbocycles. The number of carbonyl (C=O) groups is 1. The molecule has 1 aliphatic carbocycles. The van der Waals surface area contributed by atoms with E-state index < -0.39 is 0 Å². The van der Waals surface area contributed by atoms with Crippen molar-refractivity contribution in [1.29, 1.82) is 0 Å². The molecule has 1 aromatic heterocycles. The molecule has 27 heavy (non-hydrogen) atoms. The third-order valence-corrected chi connectivity index (χ3v) is 5.41. The number of aromatic nitrogens is 3. The smallest absolute Gasteiger partial charge is 0.223 e. The first kappa shape index (κ1) is 18.0. The van der Waals surface area contributed by atoms with Gasteiger partial charge in [0.15, 0.2) is 5.82 Å². The summed E-state index contributed by atoms with van der Waals surface area (Å²) in [5, 5.41) is 11.8. The van der Waals surface area contributed by atoms with Crippen LogP contribution < -0.4 is 10.1 Å². The zero-order valence-corrected chi connectivity index (χ0v) is 16.0. The number of rotatable bonds is 6.